The van der Waals surface area contributed by atoms with Crippen molar-refractivity contribution in [2.24, 2.45) is 0 Å². The second-order valence-corrected chi connectivity index (χ2v) is 6.77. The molecule has 0 aliphatic heterocycles. The number of alkyl halides is 3. The van der Waals surface area contributed by atoms with Crippen LogP contribution in [0.25, 0.3) is 0 Å². The van der Waals surface area contributed by atoms with Crippen LogP contribution in [0.1, 0.15) is 5.56 Å². The summed E-state index contributed by atoms with van der Waals surface area (Å²) in [7, 11) is -5.72. The van der Waals surface area contributed by atoms with Gasteiger partial charge in [-0.15, -0.1) is 0 Å². The summed E-state index contributed by atoms with van der Waals surface area (Å²) in [6.07, 6.45) is 0. The van der Waals surface area contributed by atoms with Crippen molar-refractivity contribution in [2.45, 2.75) is 16.9 Å². The summed E-state index contributed by atoms with van der Waals surface area (Å²) in [4.78, 5) is 8.77. The predicted molar refractivity (Wildman–Crippen MR) is 80.1 cm³/mol. The third-order valence-corrected chi connectivity index (χ3v) is 4.69. The van der Waals surface area contributed by atoms with Crippen LogP contribution >= 0.6 is 0 Å². The van der Waals surface area contributed by atoms with Crippen LogP contribution < -0.4 is 5.32 Å². The first-order chi connectivity index (χ1) is 11.5. The minimum atomic E-state index is -5.72. The van der Waals surface area contributed by atoms with Crippen molar-refractivity contribution in [1.29, 1.82) is 0 Å². The molecule has 0 atom stereocenters. The average molecular weight is 378 g/mol. The molecule has 0 amide bonds. The van der Waals surface area contributed by atoms with E-state index in [1.807, 2.05) is 0 Å². The monoisotopic (exact) mass is 378 g/mol. The molecule has 0 unspecified atom stereocenters. The van der Waals surface area contributed by atoms with Crippen LogP contribution in [0.4, 0.5) is 28.9 Å². The molecule has 0 aromatic heterocycles. The Bertz CT molecular complexity index is 913. The Hall–Kier alpha value is -2.69. The van der Waals surface area contributed by atoms with Crippen LogP contribution in [0.5, 0.6) is 0 Å². The van der Waals surface area contributed by atoms with Gasteiger partial charge in [0.05, 0.1) is 9.82 Å². The van der Waals surface area contributed by atoms with Crippen molar-refractivity contribution in [1.82, 2.24) is 0 Å². The highest BCUT2D eigenvalue weighted by molar-refractivity contribution is 7.92. The van der Waals surface area contributed by atoms with Crippen LogP contribution in [0.2, 0.25) is 0 Å². The summed E-state index contributed by atoms with van der Waals surface area (Å²) >= 11 is 0. The summed E-state index contributed by atoms with van der Waals surface area (Å²) in [6, 6.07) is 7.30. The smallest absolute Gasteiger partial charge is 0.375 e. The van der Waals surface area contributed by atoms with Crippen molar-refractivity contribution in [3.05, 3.63) is 64.0 Å². The summed E-state index contributed by atoms with van der Waals surface area (Å²) in [5, 5.41) is 13.6. The van der Waals surface area contributed by atoms with Gasteiger partial charge in [-0.1, -0.05) is 18.2 Å². The number of anilines is 1. The van der Waals surface area contributed by atoms with E-state index in [4.69, 9.17) is 0 Å². The van der Waals surface area contributed by atoms with Gasteiger partial charge in [0, 0.05) is 18.2 Å². The molecule has 0 bridgehead atoms. The van der Waals surface area contributed by atoms with E-state index in [2.05, 4.69) is 5.32 Å². The standard InChI is InChI=1S/C14H10F4N2O4S/c15-11-4-2-1-3-9(11)8-19-12-6-5-10(7-13(12)20(21)22)25(23,24)14(16,17)18/h1-7,19H,8H2. The lowest BCUT2D eigenvalue weighted by Gasteiger charge is -2.11. The summed E-state index contributed by atoms with van der Waals surface area (Å²) in [5.74, 6) is -0.575. The Kier molecular flexibility index (Phi) is 4.97. The van der Waals surface area contributed by atoms with Gasteiger partial charge in [-0.2, -0.15) is 13.2 Å². The van der Waals surface area contributed by atoms with Gasteiger partial charge in [-0.3, -0.25) is 10.1 Å². The van der Waals surface area contributed by atoms with Crippen LogP contribution in [-0.2, 0) is 16.4 Å². The Balaban J connectivity index is 2.38. The molecule has 2 aromatic rings. The van der Waals surface area contributed by atoms with Gasteiger partial charge >= 0.3 is 5.51 Å². The predicted octanol–water partition coefficient (Wildman–Crippen LogP) is 3.64. The number of benzene rings is 2. The number of nitro benzene ring substituents is 1. The molecule has 2 rings (SSSR count). The fraction of sp³-hybridized carbons (Fsp3) is 0.143. The maximum Gasteiger partial charge on any atom is 0.501 e. The lowest BCUT2D eigenvalue weighted by atomic mass is 10.2. The molecule has 25 heavy (non-hydrogen) atoms. The normalized spacial score (nSPS) is 12.0. The van der Waals surface area contributed by atoms with Gasteiger partial charge in [-0.05, 0) is 18.2 Å². The minimum Gasteiger partial charge on any atom is -0.375 e. The first kappa shape index (κ1) is 18.6. The van der Waals surface area contributed by atoms with Gasteiger partial charge in [-0.25, -0.2) is 12.8 Å². The van der Waals surface area contributed by atoms with Crippen molar-refractivity contribution in [2.75, 3.05) is 5.32 Å². The Labute approximate surface area is 139 Å². The van der Waals surface area contributed by atoms with Crippen molar-refractivity contribution < 1.29 is 30.9 Å². The van der Waals surface area contributed by atoms with Gasteiger partial charge < -0.3 is 5.32 Å². The third kappa shape index (κ3) is 3.87. The molecule has 0 aliphatic rings. The maximum absolute atomic E-state index is 13.5. The van der Waals surface area contributed by atoms with Gasteiger partial charge in [0.15, 0.2) is 0 Å². The molecule has 0 heterocycles. The van der Waals surface area contributed by atoms with E-state index in [9.17, 15) is 36.1 Å². The fourth-order valence-corrected chi connectivity index (χ4v) is 2.73. The summed E-state index contributed by atoms with van der Waals surface area (Å²) < 4.78 is 73.9. The zero-order valence-electron chi connectivity index (χ0n) is 12.2. The van der Waals surface area contributed by atoms with Crippen molar-refractivity contribution in [3.8, 4) is 0 Å². The molecule has 134 valence electrons. The Morgan fingerprint density at radius 1 is 1.12 bits per heavy atom. The van der Waals surface area contributed by atoms with E-state index >= 15 is 0 Å². The number of halogens is 4. The molecule has 0 radical (unpaired) electrons. The quantitative estimate of drug-likeness (QED) is 0.487. The van der Waals surface area contributed by atoms with E-state index in [-0.39, 0.29) is 17.8 Å². The second-order valence-electron chi connectivity index (χ2n) is 4.83. The SMILES string of the molecule is O=[N+]([O-])c1cc(S(=O)(=O)C(F)(F)F)ccc1NCc1ccccc1F. The number of hydrogen-bond acceptors (Lipinski definition) is 5. The first-order valence-electron chi connectivity index (χ1n) is 6.61. The molecule has 6 nitrogen and oxygen atoms in total. The molecular weight excluding hydrogens is 368 g/mol. The molecule has 2 aromatic carbocycles. The molecule has 11 heteroatoms. The third-order valence-electron chi connectivity index (χ3n) is 3.21. The van der Waals surface area contributed by atoms with Crippen molar-refractivity contribution >= 4 is 21.2 Å². The van der Waals surface area contributed by atoms with Crippen LogP contribution in [-0.4, -0.2) is 18.8 Å². The number of nitro groups is 1. The van der Waals surface area contributed by atoms with Gasteiger partial charge in [0.25, 0.3) is 15.5 Å². The molecule has 0 saturated carbocycles. The minimum absolute atomic E-state index is 0.170. The lowest BCUT2D eigenvalue weighted by molar-refractivity contribution is -0.384. The average Bonchev–Trinajstić information content (AvgIpc) is 2.52. The van der Waals surface area contributed by atoms with E-state index in [1.165, 1.54) is 24.3 Å². The van der Waals surface area contributed by atoms with Crippen molar-refractivity contribution in [3.63, 3.8) is 0 Å². The van der Waals surface area contributed by atoms with Crippen LogP contribution in [0, 0.1) is 15.9 Å². The highest BCUT2D eigenvalue weighted by Crippen LogP contribution is 2.34. The molecule has 0 saturated heterocycles. The van der Waals surface area contributed by atoms with E-state index < -0.39 is 36.7 Å². The Morgan fingerprint density at radius 2 is 1.76 bits per heavy atom. The molecule has 0 spiro atoms. The molecule has 0 fully saturated rings. The van der Waals surface area contributed by atoms with Crippen LogP contribution in [0.3, 0.4) is 0 Å². The second kappa shape index (κ2) is 6.67. The summed E-state index contributed by atoms with van der Waals surface area (Å²) in [6.45, 7) is -0.182. The van der Waals surface area contributed by atoms with Crippen LogP contribution in [0.15, 0.2) is 47.4 Å². The highest BCUT2D eigenvalue weighted by Gasteiger charge is 2.47. The molecular formula is C14H10F4N2O4S. The zero-order chi connectivity index (χ0) is 18.8. The number of hydrogen-bond donors (Lipinski definition) is 1. The molecule has 1 N–H and O–H groups in total. The Morgan fingerprint density at radius 3 is 2.32 bits per heavy atom. The van der Waals surface area contributed by atoms with E-state index in [0.717, 1.165) is 6.07 Å². The van der Waals surface area contributed by atoms with E-state index in [0.29, 0.717) is 12.1 Å². The fourth-order valence-electron chi connectivity index (χ4n) is 1.94. The highest BCUT2D eigenvalue weighted by atomic mass is 32.2. The molecule has 0 aliphatic carbocycles. The lowest BCUT2D eigenvalue weighted by Crippen LogP contribution is -2.23. The zero-order valence-corrected chi connectivity index (χ0v) is 13.1. The number of nitrogens with one attached hydrogen (secondary N) is 1. The number of sulfone groups is 1. The van der Waals surface area contributed by atoms with Gasteiger partial charge in [0.1, 0.15) is 11.5 Å². The van der Waals surface area contributed by atoms with Gasteiger partial charge in [0.2, 0.25) is 0 Å². The van der Waals surface area contributed by atoms with E-state index in [1.54, 1.807) is 0 Å². The number of nitrogens with zero attached hydrogens (tertiary/aromatic N) is 1. The summed E-state index contributed by atoms with van der Waals surface area (Å²) in [5.41, 5.74) is -6.52. The largest absolute Gasteiger partial charge is 0.501 e. The maximum atomic E-state index is 13.5. The number of rotatable bonds is 5. The first-order valence-corrected chi connectivity index (χ1v) is 8.09. The topological polar surface area (TPSA) is 89.3 Å².